The molecule has 67 valence electrons. The number of nitrogens with zero attached hydrogens (tertiary/aromatic N) is 1. The molecule has 3 unspecified atom stereocenters. The molecule has 0 spiro atoms. The van der Waals surface area contributed by atoms with E-state index >= 15 is 0 Å². The molecule has 1 saturated carbocycles. The summed E-state index contributed by atoms with van der Waals surface area (Å²) in [7, 11) is 0. The first-order valence-corrected chi connectivity index (χ1v) is 4.70. The number of hydrogen-bond acceptors (Lipinski definition) is 1. The van der Waals surface area contributed by atoms with Crippen LogP contribution in [0.2, 0.25) is 0 Å². The molecule has 1 saturated heterocycles. The average Bonchev–Trinajstić information content (AvgIpc) is 2.46. The molecule has 2 fully saturated rings. The van der Waals surface area contributed by atoms with Gasteiger partial charge in [-0.15, -0.1) is 0 Å². The van der Waals surface area contributed by atoms with Crippen molar-refractivity contribution in [2.24, 2.45) is 5.92 Å². The second-order valence-electron chi connectivity index (χ2n) is 3.85. The maximum Gasteiger partial charge on any atom is 0.322 e. The lowest BCUT2D eigenvalue weighted by atomic mass is 9.85. The van der Waals surface area contributed by atoms with E-state index in [1.807, 2.05) is 0 Å². The van der Waals surface area contributed by atoms with Crippen molar-refractivity contribution in [1.82, 2.24) is 5.32 Å². The molecule has 0 amide bonds. The molecule has 1 heterocycles. The third-order valence-electron chi connectivity index (χ3n) is 3.05. The molecule has 3 nitrogen and oxygen atoms in total. The van der Waals surface area contributed by atoms with Gasteiger partial charge >= 0.3 is 5.97 Å². The maximum absolute atomic E-state index is 10.7. The molecule has 2 rings (SSSR count). The number of carboxylic acid groups (broad SMARTS) is 1. The van der Waals surface area contributed by atoms with Crippen molar-refractivity contribution in [3.8, 4) is 0 Å². The van der Waals surface area contributed by atoms with Gasteiger partial charge in [0.25, 0.3) is 0 Å². The topological polar surface area (TPSA) is 51.4 Å². The lowest BCUT2D eigenvalue weighted by Crippen LogP contribution is -2.30. The van der Waals surface area contributed by atoms with Crippen LogP contribution >= 0.6 is 0 Å². The highest BCUT2D eigenvalue weighted by Crippen LogP contribution is 2.34. The van der Waals surface area contributed by atoms with Crippen molar-refractivity contribution < 1.29 is 9.90 Å². The molecule has 1 N–H and O–H groups in total. The summed E-state index contributed by atoms with van der Waals surface area (Å²) in [6, 6.07) is -0.0158. The summed E-state index contributed by atoms with van der Waals surface area (Å²) in [5.41, 5.74) is 0. The molecular formula is C9H14NO2. The molecule has 2 aliphatic rings. The van der Waals surface area contributed by atoms with Gasteiger partial charge < -0.3 is 5.11 Å². The van der Waals surface area contributed by atoms with Crippen molar-refractivity contribution in [2.75, 3.05) is 0 Å². The van der Waals surface area contributed by atoms with Gasteiger partial charge in [0, 0.05) is 6.04 Å². The third-order valence-corrected chi connectivity index (χ3v) is 3.05. The normalized spacial score (nSPS) is 40.8. The van der Waals surface area contributed by atoms with Crippen LogP contribution in [0.15, 0.2) is 0 Å². The fourth-order valence-electron chi connectivity index (χ4n) is 2.40. The zero-order valence-electron chi connectivity index (χ0n) is 7.07. The second kappa shape index (κ2) is 3.05. The predicted molar refractivity (Wildman–Crippen MR) is 43.9 cm³/mol. The van der Waals surface area contributed by atoms with Crippen LogP contribution in [0.3, 0.4) is 0 Å². The van der Waals surface area contributed by atoms with Gasteiger partial charge in [-0.1, -0.05) is 12.8 Å². The number of fused-ring (bicyclic) bond motifs is 1. The van der Waals surface area contributed by atoms with Crippen LogP contribution in [0, 0.1) is 5.92 Å². The summed E-state index contributed by atoms with van der Waals surface area (Å²) >= 11 is 0. The summed E-state index contributed by atoms with van der Waals surface area (Å²) in [6.07, 6.45) is 5.60. The van der Waals surface area contributed by atoms with E-state index in [1.54, 1.807) is 0 Å². The maximum atomic E-state index is 10.7. The molecular weight excluding hydrogens is 154 g/mol. The number of hydrogen-bond donors (Lipinski definition) is 1. The molecule has 0 aromatic rings. The van der Waals surface area contributed by atoms with Crippen molar-refractivity contribution in [3.63, 3.8) is 0 Å². The van der Waals surface area contributed by atoms with Gasteiger partial charge in [0.1, 0.15) is 6.04 Å². The van der Waals surface area contributed by atoms with Gasteiger partial charge in [-0.05, 0) is 25.2 Å². The van der Waals surface area contributed by atoms with Crippen LogP contribution in [0.5, 0.6) is 0 Å². The highest BCUT2D eigenvalue weighted by atomic mass is 16.4. The van der Waals surface area contributed by atoms with Crippen molar-refractivity contribution in [3.05, 3.63) is 0 Å². The van der Waals surface area contributed by atoms with Crippen LogP contribution in [0.4, 0.5) is 0 Å². The highest BCUT2D eigenvalue weighted by Gasteiger charge is 2.39. The second-order valence-corrected chi connectivity index (χ2v) is 3.85. The largest absolute Gasteiger partial charge is 0.480 e. The van der Waals surface area contributed by atoms with Crippen LogP contribution < -0.4 is 5.32 Å². The van der Waals surface area contributed by atoms with Crippen molar-refractivity contribution >= 4 is 5.97 Å². The van der Waals surface area contributed by atoms with E-state index in [-0.39, 0.29) is 0 Å². The molecule has 1 radical (unpaired) electrons. The Labute approximate surface area is 72.2 Å². The van der Waals surface area contributed by atoms with Crippen LogP contribution in [-0.2, 0) is 4.79 Å². The SMILES string of the molecule is O=C(O)C1CC2CCCCC2[N]1. The van der Waals surface area contributed by atoms with Gasteiger partial charge in [-0.25, -0.2) is 5.32 Å². The number of carbonyl (C=O) groups is 1. The molecule has 1 aliphatic heterocycles. The molecule has 0 aromatic heterocycles. The molecule has 0 bridgehead atoms. The Balaban J connectivity index is 1.98. The Hall–Kier alpha value is -0.570. The molecule has 12 heavy (non-hydrogen) atoms. The summed E-state index contributed by atoms with van der Waals surface area (Å²) in [6.45, 7) is 0. The van der Waals surface area contributed by atoms with Crippen molar-refractivity contribution in [2.45, 2.75) is 44.2 Å². The van der Waals surface area contributed by atoms with Gasteiger partial charge in [0.2, 0.25) is 0 Å². The van der Waals surface area contributed by atoms with Crippen LogP contribution in [-0.4, -0.2) is 23.2 Å². The Morgan fingerprint density at radius 1 is 1.33 bits per heavy atom. The highest BCUT2D eigenvalue weighted by molar-refractivity contribution is 5.73. The first kappa shape index (κ1) is 8.05. The summed E-state index contributed by atoms with van der Waals surface area (Å²) < 4.78 is 0. The van der Waals surface area contributed by atoms with E-state index in [9.17, 15) is 4.79 Å². The van der Waals surface area contributed by atoms with E-state index in [0.717, 1.165) is 12.8 Å². The molecule has 3 atom stereocenters. The molecule has 1 aliphatic carbocycles. The Kier molecular flexibility index (Phi) is 2.05. The average molecular weight is 168 g/mol. The van der Waals surface area contributed by atoms with E-state index in [4.69, 9.17) is 5.11 Å². The zero-order valence-corrected chi connectivity index (χ0v) is 7.07. The standard InChI is InChI=1S/C9H14NO2/c11-9(12)8-5-6-3-1-2-4-7(6)10-8/h6-8H,1-5H2,(H,11,12). The quantitative estimate of drug-likeness (QED) is 0.635. The summed E-state index contributed by atoms with van der Waals surface area (Å²) in [5.74, 6) is -0.149. The minimum absolute atomic E-state index is 0.375. The van der Waals surface area contributed by atoms with E-state index in [2.05, 4.69) is 5.32 Å². The fourth-order valence-corrected chi connectivity index (χ4v) is 2.40. The molecule has 3 heteroatoms. The smallest absolute Gasteiger partial charge is 0.322 e. The fraction of sp³-hybridized carbons (Fsp3) is 0.889. The minimum atomic E-state index is -0.732. The van der Waals surface area contributed by atoms with Gasteiger partial charge in [0.05, 0.1) is 0 Å². The summed E-state index contributed by atoms with van der Waals surface area (Å²) in [4.78, 5) is 10.7. The monoisotopic (exact) mass is 168 g/mol. The van der Waals surface area contributed by atoms with E-state index in [1.165, 1.54) is 19.3 Å². The first-order valence-electron chi connectivity index (χ1n) is 4.70. The lowest BCUT2D eigenvalue weighted by Gasteiger charge is -2.22. The number of carboxylic acids is 1. The molecule has 0 aromatic carbocycles. The van der Waals surface area contributed by atoms with Gasteiger partial charge in [-0.2, -0.15) is 0 Å². The van der Waals surface area contributed by atoms with E-state index < -0.39 is 12.0 Å². The van der Waals surface area contributed by atoms with Crippen LogP contribution in [0.25, 0.3) is 0 Å². The van der Waals surface area contributed by atoms with Gasteiger partial charge in [0.15, 0.2) is 0 Å². The Bertz CT molecular complexity index is 179. The number of rotatable bonds is 1. The Morgan fingerprint density at radius 2 is 2.08 bits per heavy atom. The summed E-state index contributed by atoms with van der Waals surface area (Å²) in [5, 5.41) is 13.1. The van der Waals surface area contributed by atoms with E-state index in [0.29, 0.717) is 12.0 Å². The zero-order chi connectivity index (χ0) is 8.55. The van der Waals surface area contributed by atoms with Crippen LogP contribution in [0.1, 0.15) is 32.1 Å². The number of aliphatic carboxylic acids is 1. The van der Waals surface area contributed by atoms with Crippen molar-refractivity contribution in [1.29, 1.82) is 0 Å². The minimum Gasteiger partial charge on any atom is -0.480 e. The van der Waals surface area contributed by atoms with Gasteiger partial charge in [-0.3, -0.25) is 4.79 Å². The lowest BCUT2D eigenvalue weighted by molar-refractivity contribution is -0.139. The Morgan fingerprint density at radius 3 is 2.75 bits per heavy atom. The third kappa shape index (κ3) is 1.33. The first-order chi connectivity index (χ1) is 5.77. The predicted octanol–water partition coefficient (Wildman–Crippen LogP) is 1.01.